The summed E-state index contributed by atoms with van der Waals surface area (Å²) < 4.78 is 4.22. The number of methoxy groups -OCH3 is 1. The maximum atomic E-state index is 11.1. The van der Waals surface area contributed by atoms with Gasteiger partial charge < -0.3 is 4.74 Å². The standard InChI is InChI=1S/C9H8NO3/c1-13-9(12)10-8(11)7-5-3-2-4-6-7/h2-6H,1H3. The molecule has 0 unspecified atom stereocenters. The second-order valence-corrected chi connectivity index (χ2v) is 2.25. The first-order valence-corrected chi connectivity index (χ1v) is 3.63. The van der Waals surface area contributed by atoms with Gasteiger partial charge >= 0.3 is 6.09 Å². The molecule has 0 bridgehead atoms. The summed E-state index contributed by atoms with van der Waals surface area (Å²) in [5, 5.41) is 3.17. The molecule has 0 aliphatic heterocycles. The third-order valence-corrected chi connectivity index (χ3v) is 1.39. The van der Waals surface area contributed by atoms with Crippen molar-refractivity contribution in [3.8, 4) is 0 Å². The van der Waals surface area contributed by atoms with E-state index in [1.165, 1.54) is 7.11 Å². The van der Waals surface area contributed by atoms with Gasteiger partial charge in [0.05, 0.1) is 7.11 Å². The lowest BCUT2D eigenvalue weighted by atomic mass is 10.2. The van der Waals surface area contributed by atoms with Gasteiger partial charge in [-0.2, -0.15) is 0 Å². The van der Waals surface area contributed by atoms with E-state index in [4.69, 9.17) is 0 Å². The van der Waals surface area contributed by atoms with E-state index in [-0.39, 0.29) is 0 Å². The van der Waals surface area contributed by atoms with Gasteiger partial charge in [-0.25, -0.2) is 4.79 Å². The van der Waals surface area contributed by atoms with Crippen molar-refractivity contribution in [3.05, 3.63) is 35.9 Å². The zero-order valence-electron chi connectivity index (χ0n) is 7.06. The number of benzene rings is 1. The SMILES string of the molecule is COC(=O)[N]C(=O)c1ccccc1. The summed E-state index contributed by atoms with van der Waals surface area (Å²) in [5.41, 5.74) is 0.368. The van der Waals surface area contributed by atoms with Gasteiger partial charge in [-0.05, 0) is 12.1 Å². The molecule has 1 rings (SSSR count). The number of carbonyl (C=O) groups is 2. The van der Waals surface area contributed by atoms with Crippen LogP contribution in [-0.2, 0) is 4.74 Å². The van der Waals surface area contributed by atoms with Crippen LogP contribution < -0.4 is 5.32 Å². The molecule has 0 fully saturated rings. The van der Waals surface area contributed by atoms with Crippen molar-refractivity contribution in [1.82, 2.24) is 5.32 Å². The van der Waals surface area contributed by atoms with Crippen LogP contribution in [0.15, 0.2) is 30.3 Å². The van der Waals surface area contributed by atoms with Crippen LogP contribution in [0.3, 0.4) is 0 Å². The lowest BCUT2D eigenvalue weighted by Gasteiger charge is -1.98. The summed E-state index contributed by atoms with van der Waals surface area (Å²) in [6, 6.07) is 8.32. The Morgan fingerprint density at radius 3 is 2.38 bits per heavy atom. The zero-order chi connectivity index (χ0) is 9.68. The van der Waals surface area contributed by atoms with Crippen molar-refractivity contribution in [3.63, 3.8) is 0 Å². The van der Waals surface area contributed by atoms with E-state index in [0.29, 0.717) is 5.56 Å². The lowest BCUT2D eigenvalue weighted by Crippen LogP contribution is -2.22. The summed E-state index contributed by atoms with van der Waals surface area (Å²) in [7, 11) is 1.17. The summed E-state index contributed by atoms with van der Waals surface area (Å²) in [6.45, 7) is 0. The molecular weight excluding hydrogens is 170 g/mol. The Morgan fingerprint density at radius 1 is 1.23 bits per heavy atom. The van der Waals surface area contributed by atoms with E-state index in [9.17, 15) is 9.59 Å². The molecule has 1 radical (unpaired) electrons. The number of amides is 2. The molecule has 0 aliphatic carbocycles. The fourth-order valence-corrected chi connectivity index (χ4v) is 0.774. The molecule has 0 atom stereocenters. The van der Waals surface area contributed by atoms with E-state index in [1.807, 2.05) is 0 Å². The third kappa shape index (κ3) is 2.59. The Balaban J connectivity index is 2.65. The van der Waals surface area contributed by atoms with Crippen LogP contribution in [0.1, 0.15) is 10.4 Å². The molecule has 0 saturated heterocycles. The topological polar surface area (TPSA) is 57.5 Å². The van der Waals surface area contributed by atoms with Crippen LogP contribution in [0.25, 0.3) is 0 Å². The van der Waals surface area contributed by atoms with Crippen molar-refractivity contribution in [2.24, 2.45) is 0 Å². The fraction of sp³-hybridized carbons (Fsp3) is 0.111. The average Bonchev–Trinajstić information content (AvgIpc) is 2.19. The molecular formula is C9H8NO3. The Labute approximate surface area is 75.5 Å². The van der Waals surface area contributed by atoms with Crippen molar-refractivity contribution in [2.75, 3.05) is 7.11 Å². The molecule has 1 aromatic carbocycles. The first-order chi connectivity index (χ1) is 6.24. The number of nitrogens with zero attached hydrogens (tertiary/aromatic N) is 1. The van der Waals surface area contributed by atoms with Crippen molar-refractivity contribution in [2.45, 2.75) is 0 Å². The minimum absolute atomic E-state index is 0.368. The fourth-order valence-electron chi connectivity index (χ4n) is 0.774. The molecule has 0 spiro atoms. The Bertz CT molecular complexity index is 308. The van der Waals surface area contributed by atoms with Crippen molar-refractivity contribution < 1.29 is 14.3 Å². The van der Waals surface area contributed by atoms with Gasteiger partial charge in [-0.1, -0.05) is 18.2 Å². The molecule has 0 aliphatic rings. The number of carbonyl (C=O) groups excluding carboxylic acids is 2. The second-order valence-electron chi connectivity index (χ2n) is 2.25. The predicted octanol–water partition coefficient (Wildman–Crippen LogP) is 1.20. The number of hydrogen-bond acceptors (Lipinski definition) is 3. The number of imide groups is 1. The summed E-state index contributed by atoms with van der Waals surface area (Å²) in [6.07, 6.45) is -0.881. The third-order valence-electron chi connectivity index (χ3n) is 1.39. The predicted molar refractivity (Wildman–Crippen MR) is 45.3 cm³/mol. The van der Waals surface area contributed by atoms with Gasteiger partial charge in [0.15, 0.2) is 0 Å². The molecule has 4 heteroatoms. The van der Waals surface area contributed by atoms with Crippen molar-refractivity contribution >= 4 is 12.0 Å². The van der Waals surface area contributed by atoms with Crippen molar-refractivity contribution in [1.29, 1.82) is 0 Å². The maximum absolute atomic E-state index is 11.1. The maximum Gasteiger partial charge on any atom is 0.436 e. The van der Waals surface area contributed by atoms with Gasteiger partial charge in [0.2, 0.25) is 0 Å². The van der Waals surface area contributed by atoms with Crippen LogP contribution in [0.2, 0.25) is 0 Å². The van der Waals surface area contributed by atoms with Crippen LogP contribution >= 0.6 is 0 Å². The van der Waals surface area contributed by atoms with E-state index >= 15 is 0 Å². The van der Waals surface area contributed by atoms with Gasteiger partial charge in [0.1, 0.15) is 0 Å². The Morgan fingerprint density at radius 2 is 1.85 bits per heavy atom. The first-order valence-electron chi connectivity index (χ1n) is 3.63. The molecule has 0 heterocycles. The van der Waals surface area contributed by atoms with Gasteiger partial charge in [-0.15, -0.1) is 5.32 Å². The molecule has 0 N–H and O–H groups in total. The first kappa shape index (κ1) is 9.25. The molecule has 4 nitrogen and oxygen atoms in total. The highest BCUT2D eigenvalue weighted by Crippen LogP contribution is 1.98. The van der Waals surface area contributed by atoms with E-state index in [0.717, 1.165) is 0 Å². The largest absolute Gasteiger partial charge is 0.451 e. The lowest BCUT2D eigenvalue weighted by molar-refractivity contribution is 0.0931. The minimum atomic E-state index is -0.881. The van der Waals surface area contributed by atoms with Crippen LogP contribution in [0, 0.1) is 0 Å². The smallest absolute Gasteiger partial charge is 0.436 e. The van der Waals surface area contributed by atoms with E-state index in [2.05, 4.69) is 10.1 Å². The van der Waals surface area contributed by atoms with Gasteiger partial charge in [-0.3, -0.25) is 4.79 Å². The van der Waals surface area contributed by atoms with Crippen LogP contribution in [0.5, 0.6) is 0 Å². The zero-order valence-corrected chi connectivity index (χ0v) is 7.06. The monoisotopic (exact) mass is 178 g/mol. The molecule has 67 valence electrons. The molecule has 13 heavy (non-hydrogen) atoms. The van der Waals surface area contributed by atoms with Gasteiger partial charge in [0.25, 0.3) is 5.91 Å². The van der Waals surface area contributed by atoms with Crippen LogP contribution in [-0.4, -0.2) is 19.1 Å². The second kappa shape index (κ2) is 4.25. The minimum Gasteiger partial charge on any atom is -0.451 e. The van der Waals surface area contributed by atoms with Gasteiger partial charge in [0, 0.05) is 5.56 Å². The highest BCUT2D eigenvalue weighted by molar-refractivity contribution is 6.02. The highest BCUT2D eigenvalue weighted by atomic mass is 16.5. The molecule has 2 amide bonds. The Hall–Kier alpha value is -1.84. The number of hydrogen-bond donors (Lipinski definition) is 0. The van der Waals surface area contributed by atoms with E-state index in [1.54, 1.807) is 30.3 Å². The molecule has 0 aromatic heterocycles. The highest BCUT2D eigenvalue weighted by Gasteiger charge is 2.11. The molecule has 1 aromatic rings. The summed E-state index contributed by atoms with van der Waals surface area (Å²) >= 11 is 0. The Kier molecular flexibility index (Phi) is 3.03. The number of rotatable bonds is 1. The summed E-state index contributed by atoms with van der Waals surface area (Å²) in [4.78, 5) is 21.7. The molecule has 0 saturated carbocycles. The quantitative estimate of drug-likeness (QED) is 0.649. The summed E-state index contributed by atoms with van der Waals surface area (Å²) in [5.74, 6) is -0.590. The van der Waals surface area contributed by atoms with E-state index < -0.39 is 12.0 Å². The number of ether oxygens (including phenoxy) is 1. The van der Waals surface area contributed by atoms with Crippen LogP contribution in [0.4, 0.5) is 4.79 Å². The normalized spacial score (nSPS) is 9.00. The average molecular weight is 178 g/mol.